The summed E-state index contributed by atoms with van der Waals surface area (Å²) >= 11 is 0. The van der Waals surface area contributed by atoms with E-state index in [2.05, 4.69) is 17.6 Å². The summed E-state index contributed by atoms with van der Waals surface area (Å²) in [6.07, 6.45) is 12.9. The Bertz CT molecular complexity index is 1420. The smallest absolute Gasteiger partial charge is 0.264 e. The predicted octanol–water partition coefficient (Wildman–Crippen LogP) is 4.88. The van der Waals surface area contributed by atoms with Crippen molar-refractivity contribution in [2.45, 2.75) is 103 Å². The van der Waals surface area contributed by atoms with Gasteiger partial charge < -0.3 is 47.9 Å². The van der Waals surface area contributed by atoms with Gasteiger partial charge in [-0.15, -0.1) is 0 Å². The number of anilines is 1. The summed E-state index contributed by atoms with van der Waals surface area (Å²) in [7, 11) is 0. The minimum Gasteiger partial charge on any atom is -0.379 e. The number of nitrogens with one attached hydrogen (secondary N) is 2. The first-order valence-electron chi connectivity index (χ1n) is 22.8. The number of carbonyl (C=O) groups excluding carboxylic acids is 5. The Kier molecular flexibility index (Phi) is 29.9. The summed E-state index contributed by atoms with van der Waals surface area (Å²) in [5, 5.41) is 4.91. The first kappa shape index (κ1) is 53.0. The number of unbranched alkanes of at least 4 members (excludes halogenated alkanes) is 9. The van der Waals surface area contributed by atoms with Crippen molar-refractivity contribution >= 4 is 35.2 Å². The van der Waals surface area contributed by atoms with Crippen molar-refractivity contribution in [3.63, 3.8) is 0 Å². The lowest BCUT2D eigenvalue weighted by Gasteiger charge is -2.27. The highest BCUT2D eigenvalue weighted by Crippen LogP contribution is 2.32. The van der Waals surface area contributed by atoms with Gasteiger partial charge in [0, 0.05) is 26.1 Å². The van der Waals surface area contributed by atoms with Gasteiger partial charge >= 0.3 is 0 Å². The zero-order valence-corrected chi connectivity index (χ0v) is 37.1. The minimum absolute atomic E-state index is 0.0300. The molecule has 62 heavy (non-hydrogen) atoms. The SMILES string of the molecule is CCCCCCCCCCOCCOCCOCCOCCOCCOCCOCCOCCOCCCCCC(=O)Nc1cccc2c1C(=O)N(C1CCC(=O)NC1=O)C2=O. The summed E-state index contributed by atoms with van der Waals surface area (Å²) < 4.78 is 49.9. The van der Waals surface area contributed by atoms with Gasteiger partial charge in [0.1, 0.15) is 6.04 Å². The molecule has 1 aromatic carbocycles. The molecule has 1 fully saturated rings. The number of nitrogens with zero attached hydrogens (tertiary/aromatic N) is 1. The number of benzene rings is 1. The molecule has 0 bridgehead atoms. The molecule has 5 amide bonds. The number of imide groups is 2. The zero-order valence-electron chi connectivity index (χ0n) is 37.1. The molecule has 17 nitrogen and oxygen atoms in total. The molecule has 1 atom stereocenters. The summed E-state index contributed by atoms with van der Waals surface area (Å²) in [5.74, 6) is -2.70. The highest BCUT2D eigenvalue weighted by Gasteiger charge is 2.45. The van der Waals surface area contributed by atoms with Gasteiger partial charge in [0.2, 0.25) is 17.7 Å². The summed E-state index contributed by atoms with van der Waals surface area (Å²) in [4.78, 5) is 63.6. The fraction of sp³-hybridized carbons (Fsp3) is 0.756. The van der Waals surface area contributed by atoms with Crippen LogP contribution in [0.15, 0.2) is 18.2 Å². The standard InChI is InChI=1S/C45H73N3O14/c1-2-3-4-5-6-7-8-11-19-54-21-23-56-25-27-58-29-31-60-33-35-62-36-34-61-32-30-59-28-26-57-24-22-55-20-12-9-10-16-40(49)46-38-15-13-14-37-42(38)45(53)48(44(37)52)39-17-18-41(50)47-43(39)51/h13-15,39H,2-12,16-36H2,1H3,(H,46,49)(H,47,50,51). The Labute approximate surface area is 367 Å². The van der Waals surface area contributed by atoms with Crippen LogP contribution in [-0.4, -0.2) is 159 Å². The Morgan fingerprint density at radius 1 is 0.565 bits per heavy atom. The molecule has 0 spiro atoms. The second-order valence-corrected chi connectivity index (χ2v) is 15.0. The maximum atomic E-state index is 13.2. The fourth-order valence-corrected chi connectivity index (χ4v) is 6.70. The molecular formula is C45H73N3O14. The number of ether oxygens (including phenoxy) is 9. The third-order valence-electron chi connectivity index (χ3n) is 10.1. The van der Waals surface area contributed by atoms with Crippen LogP contribution >= 0.6 is 0 Å². The molecule has 2 heterocycles. The van der Waals surface area contributed by atoms with Crippen LogP contribution in [0.25, 0.3) is 0 Å². The number of rotatable bonds is 41. The van der Waals surface area contributed by atoms with E-state index in [0.717, 1.165) is 30.8 Å². The van der Waals surface area contributed by atoms with Crippen molar-refractivity contribution in [1.29, 1.82) is 0 Å². The van der Waals surface area contributed by atoms with E-state index in [1.165, 1.54) is 51.0 Å². The van der Waals surface area contributed by atoms with Gasteiger partial charge in [0.05, 0.1) is 123 Å². The summed E-state index contributed by atoms with van der Waals surface area (Å²) in [6.45, 7) is 11.6. The molecule has 0 saturated carbocycles. The van der Waals surface area contributed by atoms with Crippen LogP contribution in [0, 0.1) is 0 Å². The van der Waals surface area contributed by atoms with E-state index < -0.39 is 29.7 Å². The first-order valence-corrected chi connectivity index (χ1v) is 22.8. The van der Waals surface area contributed by atoms with E-state index in [0.29, 0.717) is 119 Å². The number of hydrogen-bond donors (Lipinski definition) is 2. The second-order valence-electron chi connectivity index (χ2n) is 15.0. The highest BCUT2D eigenvalue weighted by molar-refractivity contribution is 6.26. The minimum atomic E-state index is -1.07. The van der Waals surface area contributed by atoms with Crippen LogP contribution in [-0.2, 0) is 57.0 Å². The van der Waals surface area contributed by atoms with Gasteiger partial charge in [-0.3, -0.25) is 34.2 Å². The van der Waals surface area contributed by atoms with Crippen LogP contribution in [0.5, 0.6) is 0 Å². The van der Waals surface area contributed by atoms with E-state index in [1.54, 1.807) is 12.1 Å². The molecule has 0 radical (unpaired) electrons. The highest BCUT2D eigenvalue weighted by atomic mass is 16.6. The predicted molar refractivity (Wildman–Crippen MR) is 230 cm³/mol. The molecule has 17 heteroatoms. The van der Waals surface area contributed by atoms with Gasteiger partial charge in [-0.05, 0) is 37.8 Å². The van der Waals surface area contributed by atoms with E-state index >= 15 is 0 Å². The van der Waals surface area contributed by atoms with Crippen LogP contribution in [0.4, 0.5) is 5.69 Å². The Hall–Kier alpha value is -3.39. The maximum absolute atomic E-state index is 13.2. The number of carbonyl (C=O) groups is 5. The van der Waals surface area contributed by atoms with Crippen LogP contribution in [0.2, 0.25) is 0 Å². The lowest BCUT2D eigenvalue weighted by atomic mass is 10.0. The monoisotopic (exact) mass is 880 g/mol. The fourth-order valence-electron chi connectivity index (χ4n) is 6.70. The molecule has 2 N–H and O–H groups in total. The molecule has 352 valence electrons. The van der Waals surface area contributed by atoms with Crippen molar-refractivity contribution < 1.29 is 66.6 Å². The largest absolute Gasteiger partial charge is 0.379 e. The number of amides is 5. The van der Waals surface area contributed by atoms with Gasteiger partial charge in [-0.1, -0.05) is 64.4 Å². The third kappa shape index (κ3) is 22.8. The molecule has 1 saturated heterocycles. The number of hydrogen-bond acceptors (Lipinski definition) is 14. The number of piperidine rings is 1. The van der Waals surface area contributed by atoms with Crippen molar-refractivity contribution in [2.24, 2.45) is 0 Å². The van der Waals surface area contributed by atoms with Gasteiger partial charge in [-0.25, -0.2) is 0 Å². The molecular weight excluding hydrogens is 807 g/mol. The van der Waals surface area contributed by atoms with E-state index in [-0.39, 0.29) is 42.0 Å². The molecule has 2 aliphatic heterocycles. The topological polar surface area (TPSA) is 196 Å². The molecule has 1 unspecified atom stereocenters. The van der Waals surface area contributed by atoms with E-state index in [1.807, 2.05) is 0 Å². The van der Waals surface area contributed by atoms with Crippen LogP contribution in [0.3, 0.4) is 0 Å². The maximum Gasteiger partial charge on any atom is 0.264 e. The Balaban J connectivity index is 0.989. The quantitative estimate of drug-likeness (QED) is 0.0668. The lowest BCUT2D eigenvalue weighted by molar-refractivity contribution is -0.136. The molecule has 2 aliphatic rings. The van der Waals surface area contributed by atoms with Gasteiger partial charge in [-0.2, -0.15) is 0 Å². The summed E-state index contributed by atoms with van der Waals surface area (Å²) in [6, 6.07) is 3.54. The summed E-state index contributed by atoms with van der Waals surface area (Å²) in [5.41, 5.74) is 0.390. The zero-order chi connectivity index (χ0) is 44.3. The van der Waals surface area contributed by atoms with Crippen LogP contribution < -0.4 is 10.6 Å². The first-order chi connectivity index (χ1) is 30.4. The second kappa shape index (κ2) is 35.0. The van der Waals surface area contributed by atoms with Gasteiger partial charge in [0.25, 0.3) is 11.8 Å². The average molecular weight is 880 g/mol. The average Bonchev–Trinajstić information content (AvgIpc) is 3.52. The number of fused-ring (bicyclic) bond motifs is 1. The van der Waals surface area contributed by atoms with Crippen molar-refractivity contribution in [2.75, 3.05) is 124 Å². The Morgan fingerprint density at radius 2 is 0.984 bits per heavy atom. The third-order valence-corrected chi connectivity index (χ3v) is 10.1. The molecule has 0 aliphatic carbocycles. The van der Waals surface area contributed by atoms with Crippen molar-refractivity contribution in [3.05, 3.63) is 29.3 Å². The lowest BCUT2D eigenvalue weighted by Crippen LogP contribution is -2.54. The van der Waals surface area contributed by atoms with Crippen molar-refractivity contribution in [3.8, 4) is 0 Å². The molecule has 3 rings (SSSR count). The Morgan fingerprint density at radius 3 is 1.44 bits per heavy atom. The van der Waals surface area contributed by atoms with Crippen LogP contribution in [0.1, 0.15) is 118 Å². The van der Waals surface area contributed by atoms with E-state index in [9.17, 15) is 24.0 Å². The normalized spacial score (nSPS) is 15.1. The molecule has 0 aromatic heterocycles. The van der Waals surface area contributed by atoms with Gasteiger partial charge in [0.15, 0.2) is 0 Å². The van der Waals surface area contributed by atoms with Crippen molar-refractivity contribution in [1.82, 2.24) is 10.2 Å². The van der Waals surface area contributed by atoms with E-state index in [4.69, 9.17) is 42.6 Å². The molecule has 1 aromatic rings.